The molecule has 1 aromatic heterocycles. The summed E-state index contributed by atoms with van der Waals surface area (Å²) in [5.74, 6) is 0.674. The van der Waals surface area contributed by atoms with Crippen molar-refractivity contribution in [2.75, 3.05) is 26.8 Å². The molecule has 1 heterocycles. The molecular formula is C17H20BrN3O2. The Hall–Kier alpha value is -1.66. The number of carbonyl (C=O) groups is 1. The Bertz CT molecular complexity index is 665. The fourth-order valence-electron chi connectivity index (χ4n) is 2.24. The second kappa shape index (κ2) is 7.27. The molecule has 1 amide bonds. The molecule has 0 radical (unpaired) electrons. The van der Waals surface area contributed by atoms with Gasteiger partial charge in [-0.05, 0) is 37.0 Å². The van der Waals surface area contributed by atoms with Gasteiger partial charge in [-0.3, -0.25) is 9.89 Å². The van der Waals surface area contributed by atoms with Crippen LogP contribution in [0.1, 0.15) is 23.3 Å². The van der Waals surface area contributed by atoms with E-state index in [2.05, 4.69) is 26.1 Å². The number of halogens is 1. The van der Waals surface area contributed by atoms with Crippen LogP contribution in [0, 0.1) is 5.92 Å². The smallest absolute Gasteiger partial charge is 0.271 e. The average molecular weight is 378 g/mol. The van der Waals surface area contributed by atoms with Gasteiger partial charge >= 0.3 is 0 Å². The number of aromatic nitrogens is 2. The zero-order chi connectivity index (χ0) is 16.2. The van der Waals surface area contributed by atoms with Crippen LogP contribution < -0.4 is 0 Å². The Morgan fingerprint density at radius 2 is 2.13 bits per heavy atom. The van der Waals surface area contributed by atoms with E-state index in [1.54, 1.807) is 18.0 Å². The van der Waals surface area contributed by atoms with Crippen molar-refractivity contribution >= 4 is 21.8 Å². The Labute approximate surface area is 144 Å². The molecule has 1 fully saturated rings. The molecule has 0 aliphatic heterocycles. The number of amides is 1. The standard InChI is InChI=1S/C17H20BrN3O2/c1-21(8-9-23-11-12-2-3-12)17(22)16-10-15(19-20-16)13-4-6-14(18)7-5-13/h4-7,10,12H,2-3,8-9,11H2,1H3,(H,19,20). The highest BCUT2D eigenvalue weighted by Gasteiger charge is 2.21. The molecule has 122 valence electrons. The number of likely N-dealkylation sites (N-methyl/N-ethyl adjacent to an activating group) is 1. The first-order valence-corrected chi connectivity index (χ1v) is 8.57. The third-order valence-corrected chi connectivity index (χ3v) is 4.45. The van der Waals surface area contributed by atoms with E-state index in [-0.39, 0.29) is 5.91 Å². The molecule has 6 heteroatoms. The van der Waals surface area contributed by atoms with E-state index in [1.807, 2.05) is 24.3 Å². The van der Waals surface area contributed by atoms with Gasteiger partial charge in [-0.1, -0.05) is 28.1 Å². The van der Waals surface area contributed by atoms with Crippen molar-refractivity contribution in [3.63, 3.8) is 0 Å². The molecule has 1 aliphatic carbocycles. The number of rotatable bonds is 7. The van der Waals surface area contributed by atoms with Gasteiger partial charge in [-0.15, -0.1) is 0 Å². The Morgan fingerprint density at radius 3 is 2.83 bits per heavy atom. The molecule has 1 N–H and O–H groups in total. The molecule has 2 aromatic rings. The first kappa shape index (κ1) is 16.2. The molecule has 1 aliphatic rings. The third kappa shape index (κ3) is 4.42. The van der Waals surface area contributed by atoms with E-state index in [0.29, 0.717) is 18.8 Å². The molecule has 0 atom stereocenters. The minimum Gasteiger partial charge on any atom is -0.379 e. The number of hydrogen-bond acceptors (Lipinski definition) is 3. The van der Waals surface area contributed by atoms with Crippen LogP contribution in [-0.4, -0.2) is 47.8 Å². The van der Waals surface area contributed by atoms with Gasteiger partial charge in [0.05, 0.1) is 12.3 Å². The number of H-pyrrole nitrogens is 1. The van der Waals surface area contributed by atoms with Crippen LogP contribution in [0.25, 0.3) is 11.3 Å². The fraction of sp³-hybridized carbons (Fsp3) is 0.412. The van der Waals surface area contributed by atoms with Crippen molar-refractivity contribution in [2.45, 2.75) is 12.8 Å². The predicted molar refractivity (Wildman–Crippen MR) is 92.2 cm³/mol. The SMILES string of the molecule is CN(CCOCC1CC1)C(=O)c1cc(-c2ccc(Br)cc2)n[nH]1. The van der Waals surface area contributed by atoms with E-state index in [4.69, 9.17) is 4.74 Å². The second-order valence-corrected chi connectivity index (χ2v) is 6.83. The van der Waals surface area contributed by atoms with Crippen LogP contribution in [0.2, 0.25) is 0 Å². The molecular weight excluding hydrogens is 358 g/mol. The molecule has 0 saturated heterocycles. The maximum Gasteiger partial charge on any atom is 0.271 e. The quantitative estimate of drug-likeness (QED) is 0.752. The number of hydrogen-bond donors (Lipinski definition) is 1. The summed E-state index contributed by atoms with van der Waals surface area (Å²) < 4.78 is 6.59. The molecule has 3 rings (SSSR count). The summed E-state index contributed by atoms with van der Waals surface area (Å²) in [4.78, 5) is 14.0. The second-order valence-electron chi connectivity index (χ2n) is 5.92. The highest BCUT2D eigenvalue weighted by atomic mass is 79.9. The van der Waals surface area contributed by atoms with Gasteiger partial charge in [-0.2, -0.15) is 5.10 Å². The Morgan fingerprint density at radius 1 is 1.39 bits per heavy atom. The van der Waals surface area contributed by atoms with Gasteiger partial charge in [-0.25, -0.2) is 0 Å². The van der Waals surface area contributed by atoms with Crippen LogP contribution in [0.5, 0.6) is 0 Å². The molecule has 0 bridgehead atoms. The number of aromatic amines is 1. The summed E-state index contributed by atoms with van der Waals surface area (Å²) in [5.41, 5.74) is 2.23. The van der Waals surface area contributed by atoms with E-state index < -0.39 is 0 Å². The van der Waals surface area contributed by atoms with Gasteiger partial charge in [0.15, 0.2) is 0 Å². The van der Waals surface area contributed by atoms with Crippen molar-refractivity contribution < 1.29 is 9.53 Å². The van der Waals surface area contributed by atoms with Crippen molar-refractivity contribution in [3.8, 4) is 11.3 Å². The molecule has 1 aromatic carbocycles. The lowest BCUT2D eigenvalue weighted by molar-refractivity contribution is 0.0676. The maximum atomic E-state index is 12.4. The number of nitrogens with zero attached hydrogens (tertiary/aromatic N) is 2. The van der Waals surface area contributed by atoms with E-state index in [0.717, 1.165) is 28.3 Å². The van der Waals surface area contributed by atoms with Crippen molar-refractivity contribution in [2.24, 2.45) is 5.92 Å². The van der Waals surface area contributed by atoms with Crippen LogP contribution >= 0.6 is 15.9 Å². The van der Waals surface area contributed by atoms with Gasteiger partial charge in [0, 0.05) is 30.2 Å². The predicted octanol–water partition coefficient (Wildman–Crippen LogP) is 3.34. The van der Waals surface area contributed by atoms with E-state index in [9.17, 15) is 4.79 Å². The fourth-order valence-corrected chi connectivity index (χ4v) is 2.51. The zero-order valence-electron chi connectivity index (χ0n) is 13.1. The molecule has 0 spiro atoms. The van der Waals surface area contributed by atoms with Crippen LogP contribution in [0.4, 0.5) is 0 Å². The van der Waals surface area contributed by atoms with E-state index >= 15 is 0 Å². The number of benzene rings is 1. The van der Waals surface area contributed by atoms with Crippen molar-refractivity contribution in [1.82, 2.24) is 15.1 Å². The molecule has 0 unspecified atom stereocenters. The average Bonchev–Trinajstić information content (AvgIpc) is 3.25. The number of ether oxygens (including phenoxy) is 1. The largest absolute Gasteiger partial charge is 0.379 e. The number of carbonyl (C=O) groups excluding carboxylic acids is 1. The highest BCUT2D eigenvalue weighted by molar-refractivity contribution is 9.10. The van der Waals surface area contributed by atoms with Crippen LogP contribution in [0.15, 0.2) is 34.8 Å². The first-order chi connectivity index (χ1) is 11.1. The summed E-state index contributed by atoms with van der Waals surface area (Å²) in [7, 11) is 1.78. The van der Waals surface area contributed by atoms with Crippen LogP contribution in [0.3, 0.4) is 0 Å². The van der Waals surface area contributed by atoms with Gasteiger partial charge in [0.2, 0.25) is 0 Å². The van der Waals surface area contributed by atoms with E-state index in [1.165, 1.54) is 12.8 Å². The maximum absolute atomic E-state index is 12.4. The highest BCUT2D eigenvalue weighted by Crippen LogP contribution is 2.28. The number of nitrogens with one attached hydrogen (secondary N) is 1. The monoisotopic (exact) mass is 377 g/mol. The zero-order valence-corrected chi connectivity index (χ0v) is 14.7. The lowest BCUT2D eigenvalue weighted by Crippen LogP contribution is -2.30. The normalized spacial score (nSPS) is 14.0. The summed E-state index contributed by atoms with van der Waals surface area (Å²) in [6, 6.07) is 9.62. The van der Waals surface area contributed by atoms with Gasteiger partial charge in [0.1, 0.15) is 5.69 Å². The minimum atomic E-state index is -0.0733. The molecule has 23 heavy (non-hydrogen) atoms. The first-order valence-electron chi connectivity index (χ1n) is 7.78. The lowest BCUT2D eigenvalue weighted by atomic mass is 10.1. The van der Waals surface area contributed by atoms with Crippen molar-refractivity contribution in [3.05, 3.63) is 40.5 Å². The minimum absolute atomic E-state index is 0.0733. The third-order valence-electron chi connectivity index (χ3n) is 3.92. The Balaban J connectivity index is 1.55. The summed E-state index contributed by atoms with van der Waals surface area (Å²) in [6.07, 6.45) is 2.56. The molecule has 5 nitrogen and oxygen atoms in total. The Kier molecular flexibility index (Phi) is 5.13. The topological polar surface area (TPSA) is 58.2 Å². The summed E-state index contributed by atoms with van der Waals surface area (Å²) in [6.45, 7) is 1.98. The van der Waals surface area contributed by atoms with Crippen LogP contribution in [-0.2, 0) is 4.74 Å². The lowest BCUT2D eigenvalue weighted by Gasteiger charge is -2.15. The summed E-state index contributed by atoms with van der Waals surface area (Å²) >= 11 is 3.41. The van der Waals surface area contributed by atoms with Gasteiger partial charge < -0.3 is 9.64 Å². The van der Waals surface area contributed by atoms with Crippen molar-refractivity contribution in [1.29, 1.82) is 0 Å². The van der Waals surface area contributed by atoms with Gasteiger partial charge in [0.25, 0.3) is 5.91 Å². The molecule has 1 saturated carbocycles. The summed E-state index contributed by atoms with van der Waals surface area (Å²) in [5, 5.41) is 7.05.